The highest BCUT2D eigenvalue weighted by molar-refractivity contribution is 7.74. The largest absolute Gasteiger partial charge is 0.302 e. The summed E-state index contributed by atoms with van der Waals surface area (Å²) in [5.41, 5.74) is 0. The van der Waals surface area contributed by atoms with Crippen molar-refractivity contribution in [2.45, 2.75) is 77.2 Å². The molecule has 0 heterocycles. The molecule has 18 heavy (non-hydrogen) atoms. The Kier molecular flexibility index (Phi) is 14.1. The second-order valence-corrected chi connectivity index (χ2v) is 5.68. The van der Waals surface area contributed by atoms with E-state index in [1.807, 2.05) is 0 Å². The zero-order valence-corrected chi connectivity index (χ0v) is 13.0. The van der Waals surface area contributed by atoms with Crippen LogP contribution < -0.4 is 0 Å². The molecule has 0 saturated heterocycles. The third-order valence-corrected chi connectivity index (χ3v) is 3.68. The van der Waals surface area contributed by atoms with Gasteiger partial charge in [-0.3, -0.25) is 8.74 Å². The van der Waals surface area contributed by atoms with Gasteiger partial charge in [-0.2, -0.15) is 4.21 Å². The lowest BCUT2D eigenvalue weighted by Crippen LogP contribution is -2.15. The van der Waals surface area contributed by atoms with Crippen LogP contribution in [0.5, 0.6) is 0 Å². The van der Waals surface area contributed by atoms with Crippen molar-refractivity contribution < 1.29 is 12.9 Å². The average molecular weight is 299 g/mol. The van der Waals surface area contributed by atoms with Gasteiger partial charge in [-0.15, -0.1) is 11.6 Å². The zero-order valence-electron chi connectivity index (χ0n) is 11.4. The van der Waals surface area contributed by atoms with Gasteiger partial charge in [-0.25, -0.2) is 0 Å². The molecule has 2 unspecified atom stereocenters. The average Bonchev–Trinajstić information content (AvgIpc) is 2.32. The van der Waals surface area contributed by atoms with Crippen molar-refractivity contribution in [1.29, 1.82) is 0 Å². The normalized spacial score (nSPS) is 14.6. The van der Waals surface area contributed by atoms with E-state index in [0.29, 0.717) is 12.3 Å². The first-order valence-corrected chi connectivity index (χ1v) is 8.61. The predicted octanol–water partition coefficient (Wildman–Crippen LogP) is 4.67. The zero-order chi connectivity index (χ0) is 13.6. The second kappa shape index (κ2) is 13.8. The molecule has 110 valence electrons. The maximum atomic E-state index is 10.6. The topological polar surface area (TPSA) is 46.5 Å². The van der Waals surface area contributed by atoms with E-state index in [-0.39, 0.29) is 6.10 Å². The van der Waals surface area contributed by atoms with E-state index in [1.165, 1.54) is 44.9 Å². The number of hydrogen-bond acceptors (Lipinski definition) is 2. The Labute approximate surface area is 119 Å². The first kappa shape index (κ1) is 18.4. The van der Waals surface area contributed by atoms with E-state index in [0.717, 1.165) is 12.8 Å². The molecular weight excluding hydrogens is 272 g/mol. The summed E-state index contributed by atoms with van der Waals surface area (Å²) in [7, 11) is 0. The van der Waals surface area contributed by atoms with Crippen LogP contribution in [0.1, 0.15) is 71.1 Å². The van der Waals surface area contributed by atoms with Crippen molar-refractivity contribution in [3.8, 4) is 0 Å². The van der Waals surface area contributed by atoms with Gasteiger partial charge in [0.2, 0.25) is 0 Å². The molecule has 3 nitrogen and oxygen atoms in total. The molecule has 0 rings (SSSR count). The predicted molar refractivity (Wildman–Crippen MR) is 78.2 cm³/mol. The quantitative estimate of drug-likeness (QED) is 0.305. The van der Waals surface area contributed by atoms with Crippen molar-refractivity contribution in [3.05, 3.63) is 0 Å². The van der Waals surface area contributed by atoms with E-state index in [2.05, 4.69) is 6.92 Å². The standard InChI is InChI=1S/C13H27ClO3S/c1-2-3-4-5-6-7-8-9-10-13(11-12-14)17-18(15)16/h13H,2-12H2,1H3,(H,15,16). The molecule has 0 amide bonds. The van der Waals surface area contributed by atoms with E-state index in [4.69, 9.17) is 20.3 Å². The SMILES string of the molecule is CCCCCCCCCCC(CCCl)OS(=O)O. The van der Waals surface area contributed by atoms with Gasteiger partial charge in [0.15, 0.2) is 0 Å². The Morgan fingerprint density at radius 3 is 2.11 bits per heavy atom. The molecule has 1 N–H and O–H groups in total. The highest BCUT2D eigenvalue weighted by atomic mass is 35.5. The van der Waals surface area contributed by atoms with Gasteiger partial charge in [0.25, 0.3) is 0 Å². The second-order valence-electron chi connectivity index (χ2n) is 4.68. The van der Waals surface area contributed by atoms with Crippen molar-refractivity contribution >= 4 is 23.0 Å². The van der Waals surface area contributed by atoms with Crippen molar-refractivity contribution in [2.24, 2.45) is 0 Å². The maximum Gasteiger partial charge on any atom is 0.302 e. The molecule has 0 aliphatic carbocycles. The first-order valence-electron chi connectivity index (χ1n) is 7.04. The summed E-state index contributed by atoms with van der Waals surface area (Å²) in [5.74, 6) is 0.471. The molecule has 0 aromatic rings. The Bertz CT molecular complexity index is 203. The van der Waals surface area contributed by atoms with E-state index < -0.39 is 11.4 Å². The van der Waals surface area contributed by atoms with Crippen LogP contribution in [0.15, 0.2) is 0 Å². The minimum atomic E-state index is -2.17. The summed E-state index contributed by atoms with van der Waals surface area (Å²) < 4.78 is 24.1. The molecule has 0 aliphatic rings. The van der Waals surface area contributed by atoms with Crippen LogP contribution in [0.2, 0.25) is 0 Å². The van der Waals surface area contributed by atoms with Crippen molar-refractivity contribution in [2.75, 3.05) is 5.88 Å². The molecule has 0 spiro atoms. The van der Waals surface area contributed by atoms with Crippen LogP contribution in [-0.4, -0.2) is 20.7 Å². The van der Waals surface area contributed by atoms with E-state index in [1.54, 1.807) is 0 Å². The van der Waals surface area contributed by atoms with E-state index in [9.17, 15) is 4.21 Å². The van der Waals surface area contributed by atoms with Gasteiger partial charge < -0.3 is 0 Å². The first-order chi connectivity index (χ1) is 8.70. The van der Waals surface area contributed by atoms with Crippen LogP contribution in [0, 0.1) is 0 Å². The van der Waals surface area contributed by atoms with E-state index >= 15 is 0 Å². The monoisotopic (exact) mass is 298 g/mol. The molecular formula is C13H27ClO3S. The van der Waals surface area contributed by atoms with Gasteiger partial charge in [0, 0.05) is 5.88 Å². The molecule has 0 aromatic carbocycles. The Morgan fingerprint density at radius 1 is 1.06 bits per heavy atom. The third kappa shape index (κ3) is 12.8. The van der Waals surface area contributed by atoms with Gasteiger partial charge in [0.05, 0.1) is 6.10 Å². The minimum Gasteiger partial charge on any atom is -0.284 e. The number of alkyl halides is 1. The summed E-state index contributed by atoms with van der Waals surface area (Å²) in [6.07, 6.45) is 11.4. The van der Waals surface area contributed by atoms with Crippen LogP contribution in [0.4, 0.5) is 0 Å². The molecule has 0 aliphatic heterocycles. The fraction of sp³-hybridized carbons (Fsp3) is 1.00. The lowest BCUT2D eigenvalue weighted by molar-refractivity contribution is 0.186. The number of unbranched alkanes of at least 4 members (excludes halogenated alkanes) is 7. The molecule has 0 aromatic heterocycles. The Morgan fingerprint density at radius 2 is 1.61 bits per heavy atom. The van der Waals surface area contributed by atoms with Crippen molar-refractivity contribution in [3.63, 3.8) is 0 Å². The van der Waals surface area contributed by atoms with Crippen molar-refractivity contribution in [1.82, 2.24) is 0 Å². The van der Waals surface area contributed by atoms with Crippen LogP contribution in [0.25, 0.3) is 0 Å². The van der Waals surface area contributed by atoms with Crippen LogP contribution >= 0.6 is 11.6 Å². The molecule has 5 heteroatoms. The minimum absolute atomic E-state index is 0.173. The summed E-state index contributed by atoms with van der Waals surface area (Å²) in [5, 5.41) is 0. The van der Waals surface area contributed by atoms with Gasteiger partial charge in [-0.05, 0) is 12.8 Å². The molecule has 0 fully saturated rings. The summed E-state index contributed by atoms with van der Waals surface area (Å²) in [6, 6.07) is 0. The molecule has 0 radical (unpaired) electrons. The van der Waals surface area contributed by atoms with Gasteiger partial charge >= 0.3 is 11.4 Å². The molecule has 0 saturated carbocycles. The van der Waals surface area contributed by atoms with Crippen LogP contribution in [0.3, 0.4) is 0 Å². The van der Waals surface area contributed by atoms with Crippen LogP contribution in [-0.2, 0) is 15.5 Å². The fourth-order valence-electron chi connectivity index (χ4n) is 1.98. The number of rotatable bonds is 13. The lowest BCUT2D eigenvalue weighted by Gasteiger charge is -2.13. The summed E-state index contributed by atoms with van der Waals surface area (Å²) >= 11 is 3.46. The van der Waals surface area contributed by atoms with Gasteiger partial charge in [-0.1, -0.05) is 58.3 Å². The Balaban J connectivity index is 3.40. The summed E-state index contributed by atoms with van der Waals surface area (Å²) in [4.78, 5) is 0. The third-order valence-electron chi connectivity index (χ3n) is 3.03. The highest BCUT2D eigenvalue weighted by Gasteiger charge is 2.11. The smallest absolute Gasteiger partial charge is 0.284 e. The van der Waals surface area contributed by atoms with Gasteiger partial charge in [0.1, 0.15) is 0 Å². The fourth-order valence-corrected chi connectivity index (χ4v) is 2.65. The lowest BCUT2D eigenvalue weighted by atomic mass is 10.0. The number of hydrogen-bond donors (Lipinski definition) is 1. The maximum absolute atomic E-state index is 10.6. The molecule has 0 bridgehead atoms. The summed E-state index contributed by atoms with van der Waals surface area (Å²) in [6.45, 7) is 2.22. The number of halogens is 1. The highest BCUT2D eigenvalue weighted by Crippen LogP contribution is 2.14. The Hall–Kier alpha value is 0.360. The molecule has 2 atom stereocenters.